The molecule has 160 valence electrons. The molecule has 4 rings (SSSR count). The van der Waals surface area contributed by atoms with Crippen molar-refractivity contribution in [1.29, 1.82) is 0 Å². The van der Waals surface area contributed by atoms with Gasteiger partial charge in [0.2, 0.25) is 0 Å². The summed E-state index contributed by atoms with van der Waals surface area (Å²) in [6.45, 7) is 4.83. The van der Waals surface area contributed by atoms with Gasteiger partial charge in [-0.25, -0.2) is 9.18 Å². The van der Waals surface area contributed by atoms with Crippen LogP contribution in [0.5, 0.6) is 0 Å². The molecule has 0 bridgehead atoms. The molecule has 2 aromatic rings. The van der Waals surface area contributed by atoms with Gasteiger partial charge in [-0.3, -0.25) is 0 Å². The number of urea groups is 1. The molecular weight excluding hydrogens is 379 g/mol. The van der Waals surface area contributed by atoms with Gasteiger partial charge in [-0.1, -0.05) is 18.2 Å². The number of carbonyl (C=O) groups excluding carboxylic acids is 1. The third kappa shape index (κ3) is 4.69. The molecule has 1 N–H and O–H groups in total. The van der Waals surface area contributed by atoms with Crippen LogP contribution < -0.4 is 15.1 Å². The van der Waals surface area contributed by atoms with E-state index in [1.807, 2.05) is 6.07 Å². The van der Waals surface area contributed by atoms with Gasteiger partial charge in [0.05, 0.1) is 0 Å². The van der Waals surface area contributed by atoms with Gasteiger partial charge < -0.3 is 20.0 Å². The molecule has 5 nitrogen and oxygen atoms in total. The molecule has 2 fully saturated rings. The predicted molar refractivity (Wildman–Crippen MR) is 119 cm³/mol. The molecule has 0 aliphatic carbocycles. The fraction of sp³-hybridized carbons (Fsp3) is 0.458. The quantitative estimate of drug-likeness (QED) is 0.769. The molecule has 0 atom stereocenters. The standard InChI is InChI=1S/C24H31FN4O/c1-27(18-19-9-11-20(12-10-19)28-13-2-3-14-28)24(30)26-17-21-22(25)7-6-8-23(21)29-15-4-5-16-29/h6-12H,2-5,13-18H2,1H3,(H,26,30). The van der Waals surface area contributed by atoms with Crippen LogP contribution in [0.4, 0.5) is 20.6 Å². The highest BCUT2D eigenvalue weighted by Crippen LogP contribution is 2.26. The Labute approximate surface area is 178 Å². The van der Waals surface area contributed by atoms with E-state index in [1.54, 1.807) is 18.0 Å². The Morgan fingerprint density at radius 1 is 0.967 bits per heavy atom. The van der Waals surface area contributed by atoms with Gasteiger partial charge in [0.1, 0.15) is 5.82 Å². The van der Waals surface area contributed by atoms with Crippen LogP contribution in [0.25, 0.3) is 0 Å². The molecule has 30 heavy (non-hydrogen) atoms. The third-order valence-electron chi connectivity index (χ3n) is 6.13. The van der Waals surface area contributed by atoms with Gasteiger partial charge in [-0.2, -0.15) is 0 Å². The monoisotopic (exact) mass is 410 g/mol. The Balaban J connectivity index is 1.34. The van der Waals surface area contributed by atoms with Gasteiger partial charge in [-0.15, -0.1) is 0 Å². The van der Waals surface area contributed by atoms with E-state index in [-0.39, 0.29) is 18.4 Å². The molecule has 0 aromatic heterocycles. The second kappa shape index (κ2) is 9.37. The lowest BCUT2D eigenvalue weighted by Gasteiger charge is -2.23. The number of hydrogen-bond acceptors (Lipinski definition) is 3. The molecule has 0 unspecified atom stereocenters. The van der Waals surface area contributed by atoms with E-state index < -0.39 is 0 Å². The molecule has 2 heterocycles. The number of amides is 2. The number of anilines is 2. The summed E-state index contributed by atoms with van der Waals surface area (Å²) < 4.78 is 14.5. The van der Waals surface area contributed by atoms with Crippen molar-refractivity contribution < 1.29 is 9.18 Å². The van der Waals surface area contributed by atoms with Crippen molar-refractivity contribution in [2.75, 3.05) is 43.0 Å². The first kappa shape index (κ1) is 20.5. The molecule has 2 aromatic carbocycles. The molecule has 2 aliphatic heterocycles. The molecular formula is C24H31FN4O. The number of halogens is 1. The van der Waals surface area contributed by atoms with Crippen LogP contribution in [0.3, 0.4) is 0 Å². The van der Waals surface area contributed by atoms with Crippen molar-refractivity contribution in [1.82, 2.24) is 10.2 Å². The highest BCUT2D eigenvalue weighted by atomic mass is 19.1. The maximum absolute atomic E-state index is 14.5. The van der Waals surface area contributed by atoms with Crippen LogP contribution in [-0.2, 0) is 13.1 Å². The zero-order chi connectivity index (χ0) is 20.9. The van der Waals surface area contributed by atoms with Gasteiger partial charge in [-0.05, 0) is 55.5 Å². The lowest BCUT2D eigenvalue weighted by molar-refractivity contribution is 0.206. The predicted octanol–water partition coefficient (Wildman–Crippen LogP) is 4.37. The minimum absolute atomic E-state index is 0.190. The van der Waals surface area contributed by atoms with Gasteiger partial charge >= 0.3 is 6.03 Å². The largest absolute Gasteiger partial charge is 0.372 e. The number of hydrogen-bond donors (Lipinski definition) is 1. The lowest BCUT2D eigenvalue weighted by atomic mass is 10.1. The smallest absolute Gasteiger partial charge is 0.317 e. The molecule has 2 aliphatic rings. The number of carbonyl (C=O) groups is 1. The first-order valence-electron chi connectivity index (χ1n) is 11.0. The van der Waals surface area contributed by atoms with Crippen LogP contribution in [0, 0.1) is 5.82 Å². The molecule has 6 heteroatoms. The summed E-state index contributed by atoms with van der Waals surface area (Å²) in [6.07, 6.45) is 4.77. The minimum atomic E-state index is -0.264. The lowest BCUT2D eigenvalue weighted by Crippen LogP contribution is -2.37. The maximum Gasteiger partial charge on any atom is 0.317 e. The van der Waals surface area contributed by atoms with Crippen molar-refractivity contribution >= 4 is 17.4 Å². The molecule has 0 spiro atoms. The normalized spacial score (nSPS) is 16.2. The van der Waals surface area contributed by atoms with Crippen molar-refractivity contribution in [3.8, 4) is 0 Å². The van der Waals surface area contributed by atoms with E-state index in [1.165, 1.54) is 24.6 Å². The molecule has 2 amide bonds. The maximum atomic E-state index is 14.5. The van der Waals surface area contributed by atoms with Crippen LogP contribution in [0.2, 0.25) is 0 Å². The highest BCUT2D eigenvalue weighted by molar-refractivity contribution is 5.74. The minimum Gasteiger partial charge on any atom is -0.372 e. The van der Waals surface area contributed by atoms with E-state index >= 15 is 0 Å². The van der Waals surface area contributed by atoms with Crippen LogP contribution in [0.15, 0.2) is 42.5 Å². The molecule has 0 saturated carbocycles. The number of nitrogens with one attached hydrogen (secondary N) is 1. The summed E-state index contributed by atoms with van der Waals surface area (Å²) in [5.41, 5.74) is 3.79. The molecule has 2 saturated heterocycles. The summed E-state index contributed by atoms with van der Waals surface area (Å²) >= 11 is 0. The van der Waals surface area contributed by atoms with E-state index in [9.17, 15) is 9.18 Å². The average molecular weight is 411 g/mol. The second-order valence-electron chi connectivity index (χ2n) is 8.31. The van der Waals surface area contributed by atoms with Crippen molar-refractivity contribution in [3.05, 3.63) is 59.4 Å². The first-order chi connectivity index (χ1) is 14.6. The van der Waals surface area contributed by atoms with E-state index in [0.29, 0.717) is 12.1 Å². The summed E-state index contributed by atoms with van der Waals surface area (Å²) in [5.74, 6) is -0.264. The SMILES string of the molecule is CN(Cc1ccc(N2CCCC2)cc1)C(=O)NCc1c(F)cccc1N1CCCC1. The fourth-order valence-electron chi connectivity index (χ4n) is 4.41. The Morgan fingerprint density at radius 2 is 1.60 bits per heavy atom. The van der Waals surface area contributed by atoms with Crippen molar-refractivity contribution in [2.24, 2.45) is 0 Å². The van der Waals surface area contributed by atoms with Crippen molar-refractivity contribution in [3.63, 3.8) is 0 Å². The van der Waals surface area contributed by atoms with E-state index in [0.717, 1.165) is 50.3 Å². The summed E-state index contributed by atoms with van der Waals surface area (Å²) in [6, 6.07) is 13.4. The number of benzene rings is 2. The average Bonchev–Trinajstić information content (AvgIpc) is 3.47. The number of nitrogens with zero attached hydrogens (tertiary/aromatic N) is 3. The summed E-state index contributed by atoms with van der Waals surface area (Å²) in [4.78, 5) is 18.9. The Bertz CT molecular complexity index is 858. The van der Waals surface area contributed by atoms with Gasteiger partial charge in [0.25, 0.3) is 0 Å². The summed E-state index contributed by atoms with van der Waals surface area (Å²) in [5, 5.41) is 2.89. The zero-order valence-electron chi connectivity index (χ0n) is 17.7. The van der Waals surface area contributed by atoms with Crippen LogP contribution in [0.1, 0.15) is 36.8 Å². The van der Waals surface area contributed by atoms with Crippen LogP contribution in [-0.4, -0.2) is 44.2 Å². The van der Waals surface area contributed by atoms with Crippen molar-refractivity contribution in [2.45, 2.75) is 38.8 Å². The summed E-state index contributed by atoms with van der Waals surface area (Å²) in [7, 11) is 1.77. The zero-order valence-corrected chi connectivity index (χ0v) is 17.7. The molecule has 0 radical (unpaired) electrons. The van der Waals surface area contributed by atoms with E-state index in [4.69, 9.17) is 0 Å². The topological polar surface area (TPSA) is 38.8 Å². The highest BCUT2D eigenvalue weighted by Gasteiger charge is 2.19. The van der Waals surface area contributed by atoms with E-state index in [2.05, 4.69) is 39.4 Å². The van der Waals surface area contributed by atoms with Crippen LogP contribution >= 0.6 is 0 Å². The Kier molecular flexibility index (Phi) is 6.41. The van der Waals surface area contributed by atoms with Gasteiger partial charge in [0, 0.05) is 63.3 Å². The van der Waals surface area contributed by atoms with Gasteiger partial charge in [0.15, 0.2) is 0 Å². The fourth-order valence-corrected chi connectivity index (χ4v) is 4.41. The number of rotatable bonds is 6. The second-order valence-corrected chi connectivity index (χ2v) is 8.31. The first-order valence-corrected chi connectivity index (χ1v) is 11.0. The Hall–Kier alpha value is -2.76. The third-order valence-corrected chi connectivity index (χ3v) is 6.13. The Morgan fingerprint density at radius 3 is 2.27 bits per heavy atom.